The molecule has 0 fully saturated rings. The van der Waals surface area contributed by atoms with Crippen LogP contribution in [0.3, 0.4) is 0 Å². The van der Waals surface area contributed by atoms with Gasteiger partial charge in [-0.15, -0.1) is 46.5 Å². The first-order chi connectivity index (χ1) is 12.1. The third-order valence-corrected chi connectivity index (χ3v) is 4.11. The molecule has 1 heteroatoms. The van der Waals surface area contributed by atoms with Crippen molar-refractivity contribution >= 4 is 0 Å². The number of fused-ring (bicyclic) bond motifs is 2. The van der Waals surface area contributed by atoms with Gasteiger partial charge in [0, 0.05) is 26.2 Å². The standard InChI is InChI=1S/2C9H7.C7H12.Zr/c2*1-2-5-9-7-3-6-8(9)4-1;1-5-7(4)6(2)3;/h2*1-7H;6H,1-2,4-5H2,3H3;/q2*-1;-2;. The Morgan fingerprint density at radius 2 is 1.31 bits per heavy atom. The molecule has 0 radical (unpaired) electrons. The van der Waals surface area contributed by atoms with Crippen LogP contribution in [0.15, 0.2) is 97.1 Å². The zero-order valence-electron chi connectivity index (χ0n) is 15.5. The van der Waals surface area contributed by atoms with Gasteiger partial charge in [0.15, 0.2) is 0 Å². The van der Waals surface area contributed by atoms with Gasteiger partial charge in [-0.1, -0.05) is 31.2 Å². The fourth-order valence-corrected chi connectivity index (χ4v) is 2.39. The van der Waals surface area contributed by atoms with E-state index >= 15 is 0 Å². The Balaban J connectivity index is 0.000000194. The summed E-state index contributed by atoms with van der Waals surface area (Å²) in [6.45, 7) is 13.2. The Kier molecular flexibility index (Phi) is 10.1. The molecule has 1 unspecified atom stereocenters. The summed E-state index contributed by atoms with van der Waals surface area (Å²) >= 11 is 0. The number of hydrogen-bond acceptors (Lipinski definition) is 0. The van der Waals surface area contributed by atoms with Crippen molar-refractivity contribution < 1.29 is 26.2 Å². The van der Waals surface area contributed by atoms with E-state index in [0.717, 1.165) is 12.0 Å². The summed E-state index contributed by atoms with van der Waals surface area (Å²) in [7, 11) is 0. The topological polar surface area (TPSA) is 0 Å². The van der Waals surface area contributed by atoms with Crippen molar-refractivity contribution in [2.75, 3.05) is 0 Å². The molecule has 4 rings (SSSR count). The van der Waals surface area contributed by atoms with Gasteiger partial charge in [0.25, 0.3) is 0 Å². The van der Waals surface area contributed by atoms with Crippen molar-refractivity contribution in [1.29, 1.82) is 0 Å². The predicted octanol–water partition coefficient (Wildman–Crippen LogP) is 7.26. The second-order valence-electron chi connectivity index (χ2n) is 6.12. The molecule has 0 nitrogen and oxygen atoms in total. The smallest absolute Gasteiger partial charge is 0 e. The number of rotatable bonds is 2. The Morgan fingerprint density at radius 1 is 0.885 bits per heavy atom. The maximum Gasteiger partial charge on any atom is 0 e. The van der Waals surface area contributed by atoms with Crippen molar-refractivity contribution in [3.63, 3.8) is 0 Å². The van der Waals surface area contributed by atoms with Crippen LogP contribution >= 0.6 is 0 Å². The van der Waals surface area contributed by atoms with Gasteiger partial charge in [0.05, 0.1) is 0 Å². The molecule has 0 aliphatic heterocycles. The van der Waals surface area contributed by atoms with Crippen molar-refractivity contribution in [2.24, 2.45) is 5.92 Å². The van der Waals surface area contributed by atoms with Crippen LogP contribution < -0.4 is 0 Å². The zero-order chi connectivity index (χ0) is 18.1. The summed E-state index contributed by atoms with van der Waals surface area (Å²) in [5.74, 6) is 0.359. The molecule has 0 aromatic carbocycles. The molecule has 134 valence electrons. The molecule has 1 atom stereocenters. The molecule has 0 aromatic heterocycles. The van der Waals surface area contributed by atoms with Gasteiger partial charge in [-0.2, -0.15) is 60.9 Å². The summed E-state index contributed by atoms with van der Waals surface area (Å²) in [5.41, 5.74) is 6.45. The fourth-order valence-electron chi connectivity index (χ4n) is 2.39. The van der Waals surface area contributed by atoms with E-state index in [1.54, 1.807) is 0 Å². The first kappa shape index (κ1) is 22.3. The van der Waals surface area contributed by atoms with Gasteiger partial charge in [-0.05, 0) is 0 Å². The molecule has 4 aliphatic carbocycles. The van der Waals surface area contributed by atoms with Crippen molar-refractivity contribution in [1.82, 2.24) is 0 Å². The van der Waals surface area contributed by atoms with Crippen LogP contribution in [0, 0.1) is 19.8 Å². The minimum atomic E-state index is 0. The quantitative estimate of drug-likeness (QED) is 0.238. The third-order valence-electron chi connectivity index (χ3n) is 4.11. The minimum Gasteiger partial charge on any atom is -0.339 e. The molecule has 0 aromatic rings. The van der Waals surface area contributed by atoms with Crippen LogP contribution in [-0.2, 0) is 26.2 Å². The fraction of sp³-hybridized carbons (Fsp3) is 0.120. The molecule has 0 spiro atoms. The average molecular weight is 418 g/mol. The summed E-state index contributed by atoms with van der Waals surface area (Å²) in [5, 5.41) is 0. The van der Waals surface area contributed by atoms with Crippen LogP contribution in [-0.4, -0.2) is 0 Å². The number of hydrogen-bond donors (Lipinski definition) is 0. The van der Waals surface area contributed by atoms with E-state index in [9.17, 15) is 0 Å². The van der Waals surface area contributed by atoms with Gasteiger partial charge in [-0.25, -0.2) is 0 Å². The maximum absolute atomic E-state index is 3.77. The van der Waals surface area contributed by atoms with E-state index in [0.29, 0.717) is 5.92 Å². The minimum absolute atomic E-state index is 0. The molecule has 0 N–H and O–H groups in total. The molecule has 0 saturated carbocycles. The molecule has 0 heterocycles. The molecular weight excluding hydrogens is 391 g/mol. The summed E-state index contributed by atoms with van der Waals surface area (Å²) in [4.78, 5) is 0. The van der Waals surface area contributed by atoms with E-state index < -0.39 is 0 Å². The van der Waals surface area contributed by atoms with Gasteiger partial charge in [0.2, 0.25) is 0 Å². The third kappa shape index (κ3) is 6.89. The van der Waals surface area contributed by atoms with E-state index in [-0.39, 0.29) is 26.2 Å². The molecule has 0 saturated heterocycles. The molecule has 0 bridgehead atoms. The Labute approximate surface area is 178 Å². The van der Waals surface area contributed by atoms with Gasteiger partial charge >= 0.3 is 0 Å². The Morgan fingerprint density at radius 3 is 1.62 bits per heavy atom. The Bertz CT molecular complexity index is 689. The molecule has 0 amide bonds. The van der Waals surface area contributed by atoms with Crippen molar-refractivity contribution in [3.8, 4) is 22.3 Å². The molecular formula is C25H26Zr-4. The molecule has 26 heavy (non-hydrogen) atoms. The van der Waals surface area contributed by atoms with Crippen molar-refractivity contribution in [2.45, 2.75) is 13.3 Å². The van der Waals surface area contributed by atoms with E-state index in [4.69, 9.17) is 0 Å². The zero-order valence-corrected chi connectivity index (χ0v) is 17.9. The van der Waals surface area contributed by atoms with Crippen molar-refractivity contribution in [3.05, 3.63) is 111 Å². The second-order valence-corrected chi connectivity index (χ2v) is 6.12. The van der Waals surface area contributed by atoms with Gasteiger partial charge in [0.1, 0.15) is 0 Å². The summed E-state index contributed by atoms with van der Waals surface area (Å²) in [6.07, 6.45) is 0.810. The normalized spacial score (nSPS) is 10.7. The predicted molar refractivity (Wildman–Crippen MR) is 111 cm³/mol. The monoisotopic (exact) mass is 416 g/mol. The van der Waals surface area contributed by atoms with Crippen LogP contribution in [0.1, 0.15) is 13.3 Å². The maximum atomic E-state index is 3.77. The van der Waals surface area contributed by atoms with E-state index in [1.807, 2.05) is 6.92 Å². The molecule has 4 aliphatic rings. The van der Waals surface area contributed by atoms with Crippen LogP contribution in [0.25, 0.3) is 22.3 Å². The SMILES string of the molecule is C=C(C[CH2-])C([CH2-])C.[Zr].c1cc2cc[cH-]cc-2c1.c1cc2cc[cH-]cc-2c1. The first-order valence-corrected chi connectivity index (χ1v) is 8.62. The average Bonchev–Trinajstić information content (AvgIpc) is 3.30. The summed E-state index contributed by atoms with van der Waals surface area (Å²) in [6, 6.07) is 29.3. The largest absolute Gasteiger partial charge is 0.339 e. The Hall–Kier alpha value is -1.72. The van der Waals surface area contributed by atoms with E-state index in [2.05, 4.69) is 105 Å². The number of benzene rings is 2. The van der Waals surface area contributed by atoms with Gasteiger partial charge in [-0.3, -0.25) is 0 Å². The van der Waals surface area contributed by atoms with Crippen LogP contribution in [0.2, 0.25) is 0 Å². The van der Waals surface area contributed by atoms with Crippen LogP contribution in [0.5, 0.6) is 0 Å². The summed E-state index contributed by atoms with van der Waals surface area (Å²) < 4.78 is 0. The first-order valence-electron chi connectivity index (χ1n) is 8.62. The van der Waals surface area contributed by atoms with Crippen LogP contribution in [0.4, 0.5) is 0 Å². The number of allylic oxidation sites excluding steroid dienone is 1. The van der Waals surface area contributed by atoms with E-state index in [1.165, 1.54) is 22.3 Å². The van der Waals surface area contributed by atoms with Gasteiger partial charge < -0.3 is 13.8 Å². The second kappa shape index (κ2) is 11.8.